The normalized spacial score (nSPS) is 16.9. The highest BCUT2D eigenvalue weighted by Gasteiger charge is 2.37. The zero-order chi connectivity index (χ0) is 24.7. The molecule has 0 saturated carbocycles. The van der Waals surface area contributed by atoms with Crippen molar-refractivity contribution in [2.24, 2.45) is 5.92 Å². The maximum absolute atomic E-state index is 13.6. The molecular weight excluding hydrogens is 464 g/mol. The lowest BCUT2D eigenvalue weighted by Gasteiger charge is -2.26. The summed E-state index contributed by atoms with van der Waals surface area (Å²) in [5, 5.41) is 0. The number of alkyl halides is 6. The average molecular weight is 485 g/mol. The van der Waals surface area contributed by atoms with Crippen LogP contribution in [-0.2, 0) is 23.6 Å². The van der Waals surface area contributed by atoms with Crippen LogP contribution in [-0.4, -0.2) is 40.0 Å². The predicted molar refractivity (Wildman–Crippen MR) is 110 cm³/mol. The average Bonchev–Trinajstić information content (AvgIpc) is 3.38. The summed E-state index contributed by atoms with van der Waals surface area (Å²) in [7, 11) is 0. The first-order chi connectivity index (χ1) is 15.9. The van der Waals surface area contributed by atoms with E-state index in [4.69, 9.17) is 4.74 Å². The Labute approximate surface area is 190 Å². The highest BCUT2D eigenvalue weighted by molar-refractivity contribution is 5.94. The van der Waals surface area contributed by atoms with Gasteiger partial charge in [-0.3, -0.25) is 9.20 Å². The van der Waals surface area contributed by atoms with Crippen molar-refractivity contribution in [3.05, 3.63) is 70.7 Å². The Hall–Kier alpha value is -3.08. The van der Waals surface area contributed by atoms with Crippen molar-refractivity contribution in [1.29, 1.82) is 0 Å². The molecule has 1 fully saturated rings. The number of benzene rings is 1. The van der Waals surface area contributed by atoms with Crippen LogP contribution in [0.2, 0.25) is 0 Å². The predicted octanol–water partition coefficient (Wildman–Crippen LogP) is 5.36. The summed E-state index contributed by atoms with van der Waals surface area (Å²) in [6.45, 7) is 2.15. The van der Waals surface area contributed by atoms with Crippen LogP contribution >= 0.6 is 0 Å². The number of amides is 1. The van der Waals surface area contributed by atoms with Gasteiger partial charge in [0.15, 0.2) is 0 Å². The van der Waals surface area contributed by atoms with Crippen LogP contribution in [0.25, 0.3) is 5.65 Å². The number of pyridine rings is 1. The molecule has 0 bridgehead atoms. The fourth-order valence-electron chi connectivity index (χ4n) is 4.11. The molecule has 182 valence electrons. The molecule has 2 aromatic heterocycles. The maximum Gasteiger partial charge on any atom is 0.416 e. The van der Waals surface area contributed by atoms with Gasteiger partial charge >= 0.3 is 12.4 Å². The number of nitrogens with zero attached hydrogens (tertiary/aromatic N) is 3. The van der Waals surface area contributed by atoms with Crippen LogP contribution in [0.5, 0.6) is 0 Å². The molecule has 1 unspecified atom stereocenters. The van der Waals surface area contributed by atoms with Gasteiger partial charge in [0.1, 0.15) is 11.3 Å². The third-order valence-electron chi connectivity index (χ3n) is 5.72. The van der Waals surface area contributed by atoms with E-state index in [9.17, 15) is 31.1 Å². The molecule has 0 aliphatic carbocycles. The SMILES string of the molecule is Cc1nc2ccccn2c1C(=O)N(Cc1cc(C(F)(F)F)cc(C(F)(F)F)c1)CC1CCOC1. The highest BCUT2D eigenvalue weighted by Crippen LogP contribution is 2.36. The number of aryl methyl sites for hydroxylation is 1. The molecule has 0 spiro atoms. The van der Waals surface area contributed by atoms with Gasteiger partial charge in [0.05, 0.1) is 23.4 Å². The molecule has 11 heteroatoms. The Bertz CT molecular complexity index is 1160. The van der Waals surface area contributed by atoms with E-state index in [1.54, 1.807) is 35.7 Å². The number of fused-ring (bicyclic) bond motifs is 1. The van der Waals surface area contributed by atoms with E-state index in [0.29, 0.717) is 43.1 Å². The number of aromatic nitrogens is 2. The number of imidazole rings is 1. The summed E-state index contributed by atoms with van der Waals surface area (Å²) in [5.74, 6) is -0.620. The third-order valence-corrected chi connectivity index (χ3v) is 5.72. The van der Waals surface area contributed by atoms with Gasteiger partial charge < -0.3 is 9.64 Å². The number of hydrogen-bond acceptors (Lipinski definition) is 3. The largest absolute Gasteiger partial charge is 0.416 e. The summed E-state index contributed by atoms with van der Waals surface area (Å²) < 4.78 is 86.9. The minimum atomic E-state index is -4.97. The van der Waals surface area contributed by atoms with Crippen LogP contribution < -0.4 is 0 Å². The lowest BCUT2D eigenvalue weighted by atomic mass is 10.0. The van der Waals surface area contributed by atoms with Crippen LogP contribution in [0.3, 0.4) is 0 Å². The van der Waals surface area contributed by atoms with E-state index in [-0.39, 0.29) is 29.8 Å². The van der Waals surface area contributed by atoms with Gasteiger partial charge in [-0.15, -0.1) is 0 Å². The quantitative estimate of drug-likeness (QED) is 0.458. The fraction of sp³-hybridized carbons (Fsp3) is 0.391. The van der Waals surface area contributed by atoms with Crippen LogP contribution in [0, 0.1) is 12.8 Å². The van der Waals surface area contributed by atoms with Gasteiger partial charge in [0.25, 0.3) is 5.91 Å². The van der Waals surface area contributed by atoms with Crippen molar-refractivity contribution in [3.8, 4) is 0 Å². The molecule has 1 aliphatic heterocycles. The summed E-state index contributed by atoms with van der Waals surface area (Å²) in [4.78, 5) is 19.2. The van der Waals surface area contributed by atoms with E-state index in [2.05, 4.69) is 4.98 Å². The van der Waals surface area contributed by atoms with E-state index in [1.807, 2.05) is 0 Å². The molecule has 1 amide bonds. The molecule has 3 aromatic rings. The van der Waals surface area contributed by atoms with Crippen LogP contribution in [0.15, 0.2) is 42.6 Å². The number of carbonyl (C=O) groups excluding carboxylic acids is 1. The summed E-state index contributed by atoms with van der Waals surface area (Å²) >= 11 is 0. The third kappa shape index (κ3) is 5.03. The van der Waals surface area contributed by atoms with Crippen molar-refractivity contribution in [1.82, 2.24) is 14.3 Å². The molecule has 4 rings (SSSR count). The topological polar surface area (TPSA) is 46.8 Å². The van der Waals surface area contributed by atoms with Crippen molar-refractivity contribution >= 4 is 11.6 Å². The fourth-order valence-corrected chi connectivity index (χ4v) is 4.11. The lowest BCUT2D eigenvalue weighted by molar-refractivity contribution is -0.143. The Morgan fingerprint density at radius 3 is 2.38 bits per heavy atom. The van der Waals surface area contributed by atoms with E-state index >= 15 is 0 Å². The summed E-state index contributed by atoms with van der Waals surface area (Å²) in [6.07, 6.45) is -7.68. The molecule has 1 aliphatic rings. The van der Waals surface area contributed by atoms with Crippen molar-refractivity contribution in [2.45, 2.75) is 32.2 Å². The van der Waals surface area contributed by atoms with Crippen LogP contribution in [0.1, 0.15) is 39.3 Å². The maximum atomic E-state index is 13.6. The van der Waals surface area contributed by atoms with Crippen molar-refractivity contribution in [3.63, 3.8) is 0 Å². The van der Waals surface area contributed by atoms with Crippen molar-refractivity contribution in [2.75, 3.05) is 19.8 Å². The van der Waals surface area contributed by atoms with Gasteiger partial charge in [-0.2, -0.15) is 26.3 Å². The standard InChI is InChI=1S/C23H21F6N3O2/c1-14-20(32-6-3-2-4-19(32)30-14)21(33)31(11-15-5-7-34-13-15)12-16-8-17(22(24,25)26)10-18(9-16)23(27,28)29/h2-4,6,8-10,15H,5,7,11-13H2,1H3. The van der Waals surface area contributed by atoms with Crippen molar-refractivity contribution < 1.29 is 35.9 Å². The number of rotatable bonds is 5. The van der Waals surface area contributed by atoms with Gasteiger partial charge in [-0.1, -0.05) is 6.07 Å². The zero-order valence-corrected chi connectivity index (χ0v) is 18.1. The number of carbonyl (C=O) groups is 1. The first-order valence-corrected chi connectivity index (χ1v) is 10.5. The Balaban J connectivity index is 1.75. The Morgan fingerprint density at radius 1 is 1.12 bits per heavy atom. The molecular formula is C23H21F6N3O2. The van der Waals surface area contributed by atoms with E-state index in [1.165, 1.54) is 4.90 Å². The smallest absolute Gasteiger partial charge is 0.381 e. The number of hydrogen-bond donors (Lipinski definition) is 0. The molecule has 0 radical (unpaired) electrons. The Morgan fingerprint density at radius 2 is 1.79 bits per heavy atom. The molecule has 0 N–H and O–H groups in total. The summed E-state index contributed by atoms with van der Waals surface area (Å²) in [5.41, 5.74) is -1.98. The first kappa shape index (κ1) is 24.1. The first-order valence-electron chi connectivity index (χ1n) is 10.5. The molecule has 1 aromatic carbocycles. The minimum absolute atomic E-state index is 0.0785. The number of halogens is 6. The minimum Gasteiger partial charge on any atom is -0.381 e. The highest BCUT2D eigenvalue weighted by atomic mass is 19.4. The van der Waals surface area contributed by atoms with Gasteiger partial charge in [0.2, 0.25) is 0 Å². The van der Waals surface area contributed by atoms with Gasteiger partial charge in [-0.25, -0.2) is 4.98 Å². The van der Waals surface area contributed by atoms with E-state index < -0.39 is 35.9 Å². The zero-order valence-electron chi connectivity index (χ0n) is 18.1. The van der Waals surface area contributed by atoms with E-state index in [0.717, 1.165) is 0 Å². The summed E-state index contributed by atoms with van der Waals surface area (Å²) in [6, 6.07) is 6.52. The second kappa shape index (κ2) is 8.94. The lowest BCUT2D eigenvalue weighted by Crippen LogP contribution is -2.36. The second-order valence-electron chi connectivity index (χ2n) is 8.30. The monoisotopic (exact) mass is 485 g/mol. The molecule has 34 heavy (non-hydrogen) atoms. The Kier molecular flexibility index (Phi) is 6.32. The van der Waals surface area contributed by atoms with Gasteiger partial charge in [-0.05, 0) is 49.2 Å². The molecule has 3 heterocycles. The second-order valence-corrected chi connectivity index (χ2v) is 8.30. The van der Waals surface area contributed by atoms with Crippen LogP contribution in [0.4, 0.5) is 26.3 Å². The number of ether oxygens (including phenoxy) is 1. The molecule has 1 saturated heterocycles. The molecule has 5 nitrogen and oxygen atoms in total. The van der Waals surface area contributed by atoms with Gasteiger partial charge in [0, 0.05) is 31.8 Å². The molecule has 1 atom stereocenters.